The number of ketones is 1. The Labute approximate surface area is 179 Å². The second-order valence-corrected chi connectivity index (χ2v) is 7.63. The molecule has 0 aliphatic rings. The largest absolute Gasteiger partial charge is 0.497 e. The van der Waals surface area contributed by atoms with Gasteiger partial charge in [-0.3, -0.25) is 4.79 Å². The summed E-state index contributed by atoms with van der Waals surface area (Å²) in [6.07, 6.45) is 0. The number of benzene rings is 2. The van der Waals surface area contributed by atoms with Crippen LogP contribution in [0.3, 0.4) is 0 Å². The smallest absolute Gasteiger partial charge is 0.191 e. The van der Waals surface area contributed by atoms with Crippen LogP contribution in [0.5, 0.6) is 11.5 Å². The molecule has 0 saturated heterocycles. The molecule has 1 aromatic heterocycles. The van der Waals surface area contributed by atoms with Gasteiger partial charge >= 0.3 is 0 Å². The summed E-state index contributed by atoms with van der Waals surface area (Å²) in [6, 6.07) is 12.6. The highest BCUT2D eigenvalue weighted by molar-refractivity contribution is 7.99. The molecule has 0 fully saturated rings. The highest BCUT2D eigenvalue weighted by Crippen LogP contribution is 2.23. The number of ether oxygens (including phenoxy) is 2. The molecule has 3 aromatic rings. The number of nitrogens with zero attached hydrogens (tertiary/aromatic N) is 3. The Morgan fingerprint density at radius 3 is 2.52 bits per heavy atom. The van der Waals surface area contributed by atoms with E-state index in [1.54, 1.807) is 31.4 Å². The lowest BCUT2D eigenvalue weighted by molar-refractivity contribution is 0.102. The average Bonchev–Trinajstić information content (AvgIpc) is 3.14. The number of rotatable bonds is 9. The molecule has 0 amide bonds. The first kappa shape index (κ1) is 21.2. The lowest BCUT2D eigenvalue weighted by Crippen LogP contribution is -2.08. The summed E-state index contributed by atoms with van der Waals surface area (Å²) in [4.78, 5) is 12.4. The molecule has 6 nitrogen and oxygen atoms in total. The average molecular weight is 432 g/mol. The standard InChI is InChI=1S/C21H22ClN3O3S/c1-4-25-20(12-28-17-9-10-18(22)14(2)11-17)23-24-21(25)29-13-19(26)15-5-7-16(27-3)8-6-15/h5-11H,4,12-13H2,1-3H3. The van der Waals surface area contributed by atoms with Gasteiger partial charge in [0.15, 0.2) is 16.8 Å². The maximum absolute atomic E-state index is 12.4. The minimum Gasteiger partial charge on any atom is -0.497 e. The molecule has 0 N–H and O–H groups in total. The first-order valence-electron chi connectivity index (χ1n) is 9.13. The van der Waals surface area contributed by atoms with Gasteiger partial charge in [-0.25, -0.2) is 0 Å². The van der Waals surface area contributed by atoms with Gasteiger partial charge in [-0.1, -0.05) is 23.4 Å². The van der Waals surface area contributed by atoms with Gasteiger partial charge in [-0.15, -0.1) is 10.2 Å². The van der Waals surface area contributed by atoms with Gasteiger partial charge in [0, 0.05) is 17.1 Å². The highest BCUT2D eigenvalue weighted by atomic mass is 35.5. The number of methoxy groups -OCH3 is 1. The molecule has 0 aliphatic heterocycles. The zero-order valence-corrected chi connectivity index (χ0v) is 18.1. The van der Waals surface area contributed by atoms with E-state index in [1.165, 1.54) is 11.8 Å². The molecule has 0 bridgehead atoms. The second-order valence-electron chi connectivity index (χ2n) is 6.28. The van der Waals surface area contributed by atoms with Crippen LogP contribution in [0.4, 0.5) is 0 Å². The Morgan fingerprint density at radius 1 is 1.14 bits per heavy atom. The van der Waals surface area contributed by atoms with Crippen LogP contribution < -0.4 is 9.47 Å². The number of thioether (sulfide) groups is 1. The van der Waals surface area contributed by atoms with E-state index in [4.69, 9.17) is 21.1 Å². The van der Waals surface area contributed by atoms with E-state index >= 15 is 0 Å². The van der Waals surface area contributed by atoms with Crippen LogP contribution in [-0.2, 0) is 13.2 Å². The predicted molar refractivity (Wildman–Crippen MR) is 114 cm³/mol. The lowest BCUT2D eigenvalue weighted by Gasteiger charge is -2.09. The molecule has 29 heavy (non-hydrogen) atoms. The number of halogens is 1. The van der Waals surface area contributed by atoms with Gasteiger partial charge in [-0.2, -0.15) is 0 Å². The van der Waals surface area contributed by atoms with Gasteiger partial charge in [0.25, 0.3) is 0 Å². The van der Waals surface area contributed by atoms with Crippen LogP contribution in [0.25, 0.3) is 0 Å². The lowest BCUT2D eigenvalue weighted by atomic mass is 10.1. The van der Waals surface area contributed by atoms with E-state index in [0.717, 1.165) is 17.1 Å². The Morgan fingerprint density at radius 2 is 1.86 bits per heavy atom. The fraction of sp³-hybridized carbons (Fsp3) is 0.286. The van der Waals surface area contributed by atoms with Crippen LogP contribution in [0, 0.1) is 6.92 Å². The zero-order valence-electron chi connectivity index (χ0n) is 16.5. The molecule has 152 valence electrons. The Bertz CT molecular complexity index is 989. The third kappa shape index (κ3) is 5.31. The first-order chi connectivity index (χ1) is 14.0. The predicted octanol–water partition coefficient (Wildman–Crippen LogP) is 4.82. The normalized spacial score (nSPS) is 10.8. The second kappa shape index (κ2) is 9.80. The van der Waals surface area contributed by atoms with Crippen molar-refractivity contribution in [1.82, 2.24) is 14.8 Å². The molecule has 0 spiro atoms. The van der Waals surface area contributed by atoms with Crippen molar-refractivity contribution in [3.8, 4) is 11.5 Å². The summed E-state index contributed by atoms with van der Waals surface area (Å²) in [7, 11) is 1.60. The fourth-order valence-corrected chi connectivity index (χ4v) is 3.73. The van der Waals surface area contributed by atoms with E-state index in [0.29, 0.717) is 28.1 Å². The summed E-state index contributed by atoms with van der Waals surface area (Å²) in [5.41, 5.74) is 1.59. The third-order valence-corrected chi connectivity index (χ3v) is 5.74. The van der Waals surface area contributed by atoms with Crippen molar-refractivity contribution in [1.29, 1.82) is 0 Å². The Hall–Kier alpha value is -2.51. The number of aromatic nitrogens is 3. The van der Waals surface area contributed by atoms with E-state index in [1.807, 2.05) is 36.6 Å². The van der Waals surface area contributed by atoms with E-state index in [9.17, 15) is 4.79 Å². The number of carbonyl (C=O) groups excluding carboxylic acids is 1. The van der Waals surface area contributed by atoms with Gasteiger partial charge in [-0.05, 0) is 61.9 Å². The van der Waals surface area contributed by atoms with Crippen molar-refractivity contribution in [2.75, 3.05) is 12.9 Å². The molecule has 0 unspecified atom stereocenters. The summed E-state index contributed by atoms with van der Waals surface area (Å²) in [5.74, 6) is 2.46. The van der Waals surface area contributed by atoms with Crippen molar-refractivity contribution in [2.24, 2.45) is 0 Å². The number of carbonyl (C=O) groups is 1. The van der Waals surface area contributed by atoms with Crippen molar-refractivity contribution in [2.45, 2.75) is 32.2 Å². The molecular weight excluding hydrogens is 410 g/mol. The third-order valence-electron chi connectivity index (χ3n) is 4.35. The van der Waals surface area contributed by atoms with Crippen LogP contribution >= 0.6 is 23.4 Å². The quantitative estimate of drug-likeness (QED) is 0.357. The van der Waals surface area contributed by atoms with Gasteiger partial charge in [0.05, 0.1) is 12.9 Å². The zero-order chi connectivity index (χ0) is 20.8. The fourth-order valence-electron chi connectivity index (χ4n) is 2.70. The molecular formula is C21H22ClN3O3S. The van der Waals surface area contributed by atoms with Crippen molar-refractivity contribution >= 4 is 29.1 Å². The number of Topliss-reactive ketones (excluding diaryl/α,β-unsaturated/α-hetero) is 1. The molecule has 0 saturated carbocycles. The van der Waals surface area contributed by atoms with E-state index in [2.05, 4.69) is 10.2 Å². The molecule has 8 heteroatoms. The highest BCUT2D eigenvalue weighted by Gasteiger charge is 2.15. The molecule has 0 aliphatic carbocycles. The maximum atomic E-state index is 12.4. The molecule has 1 heterocycles. The number of aryl methyl sites for hydroxylation is 1. The topological polar surface area (TPSA) is 66.2 Å². The summed E-state index contributed by atoms with van der Waals surface area (Å²) in [6.45, 7) is 4.91. The van der Waals surface area contributed by atoms with Crippen molar-refractivity contribution < 1.29 is 14.3 Å². The number of hydrogen-bond donors (Lipinski definition) is 0. The summed E-state index contributed by atoms with van der Waals surface area (Å²) in [5, 5.41) is 9.85. The minimum atomic E-state index is 0.0257. The molecule has 0 atom stereocenters. The molecule has 0 radical (unpaired) electrons. The van der Waals surface area contributed by atoms with Crippen molar-refractivity contribution in [3.05, 3.63) is 64.4 Å². The summed E-state index contributed by atoms with van der Waals surface area (Å²) >= 11 is 7.42. The van der Waals surface area contributed by atoms with Crippen LogP contribution in [0.2, 0.25) is 5.02 Å². The SMILES string of the molecule is CCn1c(COc2ccc(Cl)c(C)c2)nnc1SCC(=O)c1ccc(OC)cc1. The maximum Gasteiger partial charge on any atom is 0.191 e. The first-order valence-corrected chi connectivity index (χ1v) is 10.5. The Kier molecular flexibility index (Phi) is 7.17. The minimum absolute atomic E-state index is 0.0257. The van der Waals surface area contributed by atoms with Crippen LogP contribution in [-0.4, -0.2) is 33.4 Å². The molecule has 2 aromatic carbocycles. The monoisotopic (exact) mass is 431 g/mol. The van der Waals surface area contributed by atoms with Crippen LogP contribution in [0.15, 0.2) is 47.6 Å². The Balaban J connectivity index is 1.62. The van der Waals surface area contributed by atoms with E-state index in [-0.39, 0.29) is 18.1 Å². The van der Waals surface area contributed by atoms with E-state index < -0.39 is 0 Å². The van der Waals surface area contributed by atoms with Gasteiger partial charge in [0.1, 0.15) is 18.1 Å². The van der Waals surface area contributed by atoms with Crippen LogP contribution in [0.1, 0.15) is 28.7 Å². The molecule has 3 rings (SSSR count). The van der Waals surface area contributed by atoms with Crippen molar-refractivity contribution in [3.63, 3.8) is 0 Å². The van der Waals surface area contributed by atoms with Gasteiger partial charge < -0.3 is 14.0 Å². The van der Waals surface area contributed by atoms with Gasteiger partial charge in [0.2, 0.25) is 0 Å². The summed E-state index contributed by atoms with van der Waals surface area (Å²) < 4.78 is 12.9. The number of hydrogen-bond acceptors (Lipinski definition) is 6.